The Balaban J connectivity index is 0.00000256. The van der Waals surface area contributed by atoms with Crippen molar-refractivity contribution in [2.45, 2.75) is 25.4 Å². The molecule has 2 N–H and O–H groups in total. The SMILES string of the molecule is Cl.O=C1[C@@H](NS(=O)(=O)C=Cc2ccc(Cl)s2)CCN1c1ccc2c(c1F)CCNC2. The molecule has 162 valence electrons. The summed E-state index contributed by atoms with van der Waals surface area (Å²) < 4.78 is 42.6. The van der Waals surface area contributed by atoms with Crippen LogP contribution in [0.2, 0.25) is 4.34 Å². The van der Waals surface area contributed by atoms with E-state index >= 15 is 0 Å². The van der Waals surface area contributed by atoms with Gasteiger partial charge in [-0.15, -0.1) is 23.7 Å². The fourth-order valence-electron chi connectivity index (χ4n) is 3.57. The second-order valence-electron chi connectivity index (χ2n) is 6.90. The molecular formula is C19H20Cl2FN3O3S2. The Bertz CT molecular complexity index is 1090. The van der Waals surface area contributed by atoms with Crippen LogP contribution in [0.15, 0.2) is 29.7 Å². The van der Waals surface area contributed by atoms with E-state index in [0.29, 0.717) is 34.3 Å². The summed E-state index contributed by atoms with van der Waals surface area (Å²) in [4.78, 5) is 14.8. The molecule has 30 heavy (non-hydrogen) atoms. The van der Waals surface area contributed by atoms with Crippen LogP contribution < -0.4 is 14.9 Å². The molecule has 0 aliphatic carbocycles. The van der Waals surface area contributed by atoms with Gasteiger partial charge in [0.15, 0.2) is 0 Å². The average Bonchev–Trinajstić information content (AvgIpc) is 3.27. The van der Waals surface area contributed by atoms with Gasteiger partial charge in [0.05, 0.1) is 10.0 Å². The molecule has 2 aliphatic heterocycles. The van der Waals surface area contributed by atoms with Crippen molar-refractivity contribution in [1.82, 2.24) is 10.0 Å². The molecule has 2 aliphatic rings. The monoisotopic (exact) mass is 491 g/mol. The van der Waals surface area contributed by atoms with E-state index < -0.39 is 27.8 Å². The Morgan fingerprint density at radius 3 is 2.83 bits per heavy atom. The third-order valence-electron chi connectivity index (χ3n) is 5.00. The lowest BCUT2D eigenvalue weighted by molar-refractivity contribution is -0.118. The lowest BCUT2D eigenvalue weighted by Crippen LogP contribution is -2.41. The maximum Gasteiger partial charge on any atom is 0.245 e. The maximum atomic E-state index is 15.0. The minimum Gasteiger partial charge on any atom is -0.312 e. The number of sulfonamides is 1. The Hall–Kier alpha value is -1.49. The molecule has 1 aromatic heterocycles. The summed E-state index contributed by atoms with van der Waals surface area (Å²) in [6.45, 7) is 1.54. The Labute approximate surface area is 189 Å². The molecular weight excluding hydrogens is 472 g/mol. The molecule has 3 heterocycles. The number of anilines is 1. The number of rotatable bonds is 5. The zero-order valence-electron chi connectivity index (χ0n) is 15.7. The lowest BCUT2D eigenvalue weighted by Gasteiger charge is -2.23. The first-order chi connectivity index (χ1) is 13.8. The molecule has 1 fully saturated rings. The van der Waals surface area contributed by atoms with Crippen LogP contribution in [-0.2, 0) is 27.8 Å². The van der Waals surface area contributed by atoms with Crippen molar-refractivity contribution in [3.8, 4) is 0 Å². The summed E-state index contributed by atoms with van der Waals surface area (Å²) in [5.41, 5.74) is 1.72. The second kappa shape index (κ2) is 9.33. The number of hydrogen-bond acceptors (Lipinski definition) is 5. The molecule has 4 rings (SSSR count). The van der Waals surface area contributed by atoms with E-state index in [-0.39, 0.29) is 31.1 Å². The molecule has 0 unspecified atom stereocenters. The van der Waals surface area contributed by atoms with Gasteiger partial charge < -0.3 is 10.2 Å². The Morgan fingerprint density at radius 1 is 1.30 bits per heavy atom. The minimum absolute atomic E-state index is 0. The van der Waals surface area contributed by atoms with Crippen molar-refractivity contribution < 1.29 is 17.6 Å². The third kappa shape index (κ3) is 4.87. The number of nitrogens with one attached hydrogen (secondary N) is 2. The van der Waals surface area contributed by atoms with Gasteiger partial charge in [0, 0.05) is 23.4 Å². The van der Waals surface area contributed by atoms with Gasteiger partial charge in [-0.3, -0.25) is 4.79 Å². The van der Waals surface area contributed by atoms with Crippen LogP contribution in [-0.4, -0.2) is 33.5 Å². The highest BCUT2D eigenvalue weighted by Gasteiger charge is 2.36. The average molecular weight is 492 g/mol. The number of carbonyl (C=O) groups is 1. The first-order valence-corrected chi connectivity index (χ1v) is 11.9. The zero-order valence-corrected chi connectivity index (χ0v) is 18.9. The Morgan fingerprint density at radius 2 is 2.10 bits per heavy atom. The number of thiophene rings is 1. The second-order valence-corrected chi connectivity index (χ2v) is 10.2. The Kier molecular flexibility index (Phi) is 7.21. The van der Waals surface area contributed by atoms with E-state index in [2.05, 4.69) is 10.0 Å². The first-order valence-electron chi connectivity index (χ1n) is 9.12. The molecule has 0 bridgehead atoms. The van der Waals surface area contributed by atoms with Crippen LogP contribution in [0.25, 0.3) is 6.08 Å². The number of carbonyl (C=O) groups excluding carboxylic acids is 1. The number of hydrogen-bond donors (Lipinski definition) is 2. The van der Waals surface area contributed by atoms with E-state index in [1.807, 2.05) is 6.07 Å². The minimum atomic E-state index is -3.83. The van der Waals surface area contributed by atoms with Gasteiger partial charge in [-0.25, -0.2) is 12.8 Å². The van der Waals surface area contributed by atoms with Gasteiger partial charge in [0.2, 0.25) is 15.9 Å². The molecule has 0 radical (unpaired) electrons. The van der Waals surface area contributed by atoms with Crippen molar-refractivity contribution in [2.24, 2.45) is 0 Å². The van der Waals surface area contributed by atoms with Crippen LogP contribution in [0.3, 0.4) is 0 Å². The fraction of sp³-hybridized carbons (Fsp3) is 0.316. The highest BCUT2D eigenvalue weighted by Crippen LogP contribution is 2.30. The summed E-state index contributed by atoms with van der Waals surface area (Å²) >= 11 is 7.08. The van der Waals surface area contributed by atoms with Crippen LogP contribution in [0.5, 0.6) is 0 Å². The summed E-state index contributed by atoms with van der Waals surface area (Å²) in [6.07, 6.45) is 2.26. The lowest BCUT2D eigenvalue weighted by atomic mass is 9.99. The van der Waals surface area contributed by atoms with Crippen molar-refractivity contribution in [3.63, 3.8) is 0 Å². The van der Waals surface area contributed by atoms with Gasteiger partial charge in [-0.05, 0) is 54.8 Å². The predicted molar refractivity (Wildman–Crippen MR) is 120 cm³/mol. The normalized spacial score (nSPS) is 19.2. The smallest absolute Gasteiger partial charge is 0.245 e. The molecule has 1 amide bonds. The largest absolute Gasteiger partial charge is 0.312 e. The van der Waals surface area contributed by atoms with Gasteiger partial charge in [0.25, 0.3) is 0 Å². The summed E-state index contributed by atoms with van der Waals surface area (Å²) in [7, 11) is -3.83. The van der Waals surface area contributed by atoms with Gasteiger partial charge in [-0.1, -0.05) is 17.7 Å². The highest BCUT2D eigenvalue weighted by molar-refractivity contribution is 7.92. The van der Waals surface area contributed by atoms with Crippen LogP contribution >= 0.6 is 35.3 Å². The van der Waals surface area contributed by atoms with Crippen molar-refractivity contribution >= 4 is 63.0 Å². The summed E-state index contributed by atoms with van der Waals surface area (Å²) in [5.74, 6) is -0.843. The number of halogens is 3. The molecule has 0 saturated carbocycles. The van der Waals surface area contributed by atoms with E-state index in [9.17, 15) is 17.6 Å². The first kappa shape index (κ1) is 23.2. The topological polar surface area (TPSA) is 78.5 Å². The number of amides is 1. The van der Waals surface area contributed by atoms with E-state index in [1.54, 1.807) is 18.2 Å². The third-order valence-corrected chi connectivity index (χ3v) is 7.30. The number of fused-ring (bicyclic) bond motifs is 1. The molecule has 2 aromatic rings. The number of benzene rings is 1. The maximum absolute atomic E-state index is 15.0. The fourth-order valence-corrected chi connectivity index (χ4v) is 5.64. The van der Waals surface area contributed by atoms with E-state index in [0.717, 1.165) is 11.0 Å². The molecule has 0 spiro atoms. The van der Waals surface area contributed by atoms with Crippen LogP contribution in [0.1, 0.15) is 22.4 Å². The zero-order chi connectivity index (χ0) is 20.6. The summed E-state index contributed by atoms with van der Waals surface area (Å²) in [6, 6.07) is 5.87. The summed E-state index contributed by atoms with van der Waals surface area (Å²) in [5, 5.41) is 4.20. The predicted octanol–water partition coefficient (Wildman–Crippen LogP) is 3.30. The van der Waals surface area contributed by atoms with Gasteiger partial charge in [0.1, 0.15) is 11.9 Å². The molecule has 6 nitrogen and oxygen atoms in total. The molecule has 1 atom stereocenters. The van der Waals surface area contributed by atoms with Gasteiger partial charge >= 0.3 is 0 Å². The van der Waals surface area contributed by atoms with Crippen LogP contribution in [0.4, 0.5) is 10.1 Å². The van der Waals surface area contributed by atoms with E-state index in [1.165, 1.54) is 22.3 Å². The van der Waals surface area contributed by atoms with Crippen LogP contribution in [0, 0.1) is 5.82 Å². The van der Waals surface area contributed by atoms with Gasteiger partial charge in [-0.2, -0.15) is 4.72 Å². The van der Waals surface area contributed by atoms with Crippen molar-refractivity contribution in [1.29, 1.82) is 0 Å². The highest BCUT2D eigenvalue weighted by atomic mass is 35.5. The number of nitrogens with zero attached hydrogens (tertiary/aromatic N) is 1. The van der Waals surface area contributed by atoms with Crippen molar-refractivity contribution in [3.05, 3.63) is 55.8 Å². The standard InChI is InChI=1S/C19H19ClFN3O3S2.ClH/c20-17-4-2-13(28-17)7-10-29(26,27)23-15-6-9-24(19(15)25)16-3-1-12-11-22-8-5-14(12)18(16)21;/h1-4,7,10,15,22-23H,5-6,8-9,11H2;1H/t15-;/m0./s1. The van der Waals surface area contributed by atoms with E-state index in [4.69, 9.17) is 11.6 Å². The molecule has 1 saturated heterocycles. The van der Waals surface area contributed by atoms with Crippen molar-refractivity contribution in [2.75, 3.05) is 18.0 Å². The quantitative estimate of drug-likeness (QED) is 0.672. The molecule has 1 aromatic carbocycles. The molecule has 11 heteroatoms.